The molecule has 5 nitrogen and oxygen atoms in total. The van der Waals surface area contributed by atoms with Gasteiger partial charge in [-0.25, -0.2) is 4.79 Å². The molecule has 0 aromatic carbocycles. The lowest BCUT2D eigenvalue weighted by atomic mass is 9.89. The van der Waals surface area contributed by atoms with E-state index in [9.17, 15) is 9.59 Å². The third-order valence-electron chi connectivity index (χ3n) is 4.01. The molecule has 0 bridgehead atoms. The second-order valence-electron chi connectivity index (χ2n) is 5.65. The molecule has 6 heteroatoms. The quantitative estimate of drug-likeness (QED) is 0.838. The predicted molar refractivity (Wildman–Crippen MR) is 84.0 cm³/mol. The number of thiophene rings is 1. The van der Waals surface area contributed by atoms with Crippen LogP contribution >= 0.6 is 11.3 Å². The van der Waals surface area contributed by atoms with E-state index in [1.165, 1.54) is 11.3 Å². The molecule has 2 rings (SSSR count). The number of hydrogen-bond acceptors (Lipinski definition) is 5. The average molecular weight is 310 g/mol. The van der Waals surface area contributed by atoms with Crippen molar-refractivity contribution >= 4 is 28.2 Å². The summed E-state index contributed by atoms with van der Waals surface area (Å²) in [5.74, 6) is -0.413. The molecule has 1 amide bonds. The van der Waals surface area contributed by atoms with Gasteiger partial charge in [0, 0.05) is 11.4 Å². The van der Waals surface area contributed by atoms with Gasteiger partial charge in [0.15, 0.2) is 0 Å². The Kier molecular flexibility index (Phi) is 4.68. The first-order valence-corrected chi connectivity index (χ1v) is 8.00. The number of carbonyl (C=O) groups is 2. The molecule has 0 aliphatic carbocycles. The van der Waals surface area contributed by atoms with Gasteiger partial charge in [-0.15, -0.1) is 11.3 Å². The van der Waals surface area contributed by atoms with Crippen molar-refractivity contribution in [3.8, 4) is 0 Å². The van der Waals surface area contributed by atoms with Crippen molar-refractivity contribution in [3.05, 3.63) is 16.0 Å². The number of hydrogen-bond donors (Lipinski definition) is 2. The molecule has 1 saturated heterocycles. The topological polar surface area (TPSA) is 67.4 Å². The summed E-state index contributed by atoms with van der Waals surface area (Å²) in [6, 6.07) is 0. The number of amides is 1. The molecule has 2 N–H and O–H groups in total. The van der Waals surface area contributed by atoms with Crippen LogP contribution in [0.1, 0.15) is 41.1 Å². The van der Waals surface area contributed by atoms with Gasteiger partial charge < -0.3 is 15.4 Å². The molecule has 1 aliphatic rings. The standard InChI is InChI=1S/C15H22N2O3S/c1-5-20-13(18)11-9(2)10(3)21-12(11)17-14(19)15(4)6-7-16-8-15/h16H,5-8H2,1-4H3,(H,17,19). The summed E-state index contributed by atoms with van der Waals surface area (Å²) in [6.45, 7) is 9.37. The molecule has 0 saturated carbocycles. The molecule has 1 aromatic rings. The van der Waals surface area contributed by atoms with Crippen LogP contribution in [0.4, 0.5) is 5.00 Å². The molecular formula is C15H22N2O3S. The fraction of sp³-hybridized carbons (Fsp3) is 0.600. The molecule has 116 valence electrons. The second-order valence-corrected chi connectivity index (χ2v) is 6.87. The van der Waals surface area contributed by atoms with Gasteiger partial charge in [-0.2, -0.15) is 0 Å². The Balaban J connectivity index is 2.25. The number of rotatable bonds is 4. The van der Waals surface area contributed by atoms with Crippen LogP contribution in [0.2, 0.25) is 0 Å². The highest BCUT2D eigenvalue weighted by Gasteiger charge is 2.37. The third-order valence-corrected chi connectivity index (χ3v) is 5.13. The second kappa shape index (κ2) is 6.15. The Morgan fingerprint density at radius 2 is 2.14 bits per heavy atom. The summed E-state index contributed by atoms with van der Waals surface area (Å²) >= 11 is 1.43. The van der Waals surface area contributed by atoms with E-state index in [1.54, 1.807) is 6.92 Å². The van der Waals surface area contributed by atoms with Crippen LogP contribution in [0.15, 0.2) is 0 Å². The SMILES string of the molecule is CCOC(=O)c1c(NC(=O)C2(C)CCNC2)sc(C)c1C. The maximum Gasteiger partial charge on any atom is 0.341 e. The van der Waals surface area contributed by atoms with Crippen molar-refractivity contribution in [2.75, 3.05) is 25.0 Å². The minimum Gasteiger partial charge on any atom is -0.462 e. The number of nitrogens with one attached hydrogen (secondary N) is 2. The lowest BCUT2D eigenvalue weighted by molar-refractivity contribution is -0.123. The van der Waals surface area contributed by atoms with Crippen LogP contribution in [0, 0.1) is 19.3 Å². The minimum absolute atomic E-state index is 0.0423. The first-order chi connectivity index (χ1) is 9.89. The van der Waals surface area contributed by atoms with Gasteiger partial charge in [0.25, 0.3) is 0 Å². The number of ether oxygens (including phenoxy) is 1. The Labute approximate surface area is 129 Å². The summed E-state index contributed by atoms with van der Waals surface area (Å²) in [4.78, 5) is 25.6. The molecule has 21 heavy (non-hydrogen) atoms. The summed E-state index contributed by atoms with van der Waals surface area (Å²) in [6.07, 6.45) is 0.802. The van der Waals surface area contributed by atoms with Crippen LogP contribution < -0.4 is 10.6 Å². The average Bonchev–Trinajstić information content (AvgIpc) is 2.97. The molecule has 0 radical (unpaired) electrons. The van der Waals surface area contributed by atoms with Gasteiger partial charge in [-0.1, -0.05) is 0 Å². The first kappa shape index (κ1) is 16.0. The van der Waals surface area contributed by atoms with Crippen LogP contribution in [0.5, 0.6) is 0 Å². The first-order valence-electron chi connectivity index (χ1n) is 7.18. The van der Waals surface area contributed by atoms with Gasteiger partial charge >= 0.3 is 5.97 Å². The monoisotopic (exact) mass is 310 g/mol. The minimum atomic E-state index is -0.419. The third kappa shape index (κ3) is 3.11. The van der Waals surface area contributed by atoms with E-state index in [4.69, 9.17) is 4.74 Å². The van der Waals surface area contributed by atoms with Crippen molar-refractivity contribution in [1.82, 2.24) is 5.32 Å². The highest BCUT2D eigenvalue weighted by Crippen LogP contribution is 2.35. The van der Waals surface area contributed by atoms with E-state index in [1.807, 2.05) is 20.8 Å². The number of carbonyl (C=O) groups excluding carboxylic acids is 2. The highest BCUT2D eigenvalue weighted by molar-refractivity contribution is 7.16. The molecule has 2 heterocycles. The molecular weight excluding hydrogens is 288 g/mol. The van der Waals surface area contributed by atoms with E-state index in [0.29, 0.717) is 23.7 Å². The van der Waals surface area contributed by atoms with Crippen LogP contribution in [-0.2, 0) is 9.53 Å². The van der Waals surface area contributed by atoms with E-state index in [0.717, 1.165) is 23.4 Å². The van der Waals surface area contributed by atoms with Gasteiger partial charge in [0.1, 0.15) is 5.00 Å². The van der Waals surface area contributed by atoms with E-state index < -0.39 is 5.41 Å². The number of anilines is 1. The Morgan fingerprint density at radius 3 is 2.71 bits per heavy atom. The van der Waals surface area contributed by atoms with Crippen LogP contribution in [0.25, 0.3) is 0 Å². The van der Waals surface area contributed by atoms with Gasteiger partial charge in [-0.05, 0) is 46.2 Å². The Hall–Kier alpha value is -1.40. The zero-order chi connectivity index (χ0) is 15.6. The fourth-order valence-electron chi connectivity index (χ4n) is 2.43. The largest absolute Gasteiger partial charge is 0.462 e. The van der Waals surface area contributed by atoms with Crippen molar-refractivity contribution in [2.45, 2.75) is 34.1 Å². The summed E-state index contributed by atoms with van der Waals surface area (Å²) in [5, 5.41) is 6.74. The van der Waals surface area contributed by atoms with Gasteiger partial charge in [-0.3, -0.25) is 4.79 Å². The zero-order valence-corrected chi connectivity index (χ0v) is 13.8. The van der Waals surface area contributed by atoms with E-state index in [2.05, 4.69) is 10.6 Å². The lowest BCUT2D eigenvalue weighted by Gasteiger charge is -2.21. The summed E-state index contributed by atoms with van der Waals surface area (Å²) in [5.41, 5.74) is 0.947. The van der Waals surface area contributed by atoms with E-state index >= 15 is 0 Å². The van der Waals surface area contributed by atoms with Crippen LogP contribution in [-0.4, -0.2) is 31.6 Å². The maximum absolute atomic E-state index is 12.5. The van der Waals surface area contributed by atoms with Gasteiger partial charge in [0.2, 0.25) is 5.91 Å². The molecule has 1 aliphatic heterocycles. The van der Waals surface area contributed by atoms with Crippen LogP contribution in [0.3, 0.4) is 0 Å². The Morgan fingerprint density at radius 1 is 1.43 bits per heavy atom. The van der Waals surface area contributed by atoms with Crippen molar-refractivity contribution in [2.24, 2.45) is 5.41 Å². The number of esters is 1. The summed E-state index contributed by atoms with van der Waals surface area (Å²) in [7, 11) is 0. The normalized spacial score (nSPS) is 21.3. The summed E-state index contributed by atoms with van der Waals surface area (Å²) < 4.78 is 5.10. The molecule has 1 atom stereocenters. The van der Waals surface area contributed by atoms with E-state index in [-0.39, 0.29) is 11.9 Å². The Bertz CT molecular complexity index is 560. The van der Waals surface area contributed by atoms with Gasteiger partial charge in [0.05, 0.1) is 17.6 Å². The lowest BCUT2D eigenvalue weighted by Crippen LogP contribution is -2.35. The molecule has 1 unspecified atom stereocenters. The smallest absolute Gasteiger partial charge is 0.341 e. The fourth-order valence-corrected chi connectivity index (χ4v) is 3.47. The van der Waals surface area contributed by atoms with Crippen molar-refractivity contribution in [3.63, 3.8) is 0 Å². The van der Waals surface area contributed by atoms with Crippen molar-refractivity contribution < 1.29 is 14.3 Å². The highest BCUT2D eigenvalue weighted by atomic mass is 32.1. The predicted octanol–water partition coefficient (Wildman–Crippen LogP) is 2.48. The maximum atomic E-state index is 12.5. The molecule has 1 fully saturated rings. The van der Waals surface area contributed by atoms with Crippen molar-refractivity contribution in [1.29, 1.82) is 0 Å². The molecule has 0 spiro atoms. The number of aryl methyl sites for hydroxylation is 1. The zero-order valence-electron chi connectivity index (χ0n) is 13.0. The molecule has 1 aromatic heterocycles.